The fraction of sp³-hybridized carbons (Fsp3) is 0.533. The zero-order valence-electron chi connectivity index (χ0n) is 21.5. The van der Waals surface area contributed by atoms with Crippen LogP contribution in [0.25, 0.3) is 11.1 Å². The molecule has 0 aromatic heterocycles. The minimum atomic E-state index is -0.298. The molecule has 2 aliphatic heterocycles. The Labute approximate surface area is 213 Å². The molecule has 2 saturated heterocycles. The molecular formula is C30H37NO5. The summed E-state index contributed by atoms with van der Waals surface area (Å²) in [7, 11) is 1.65. The maximum Gasteiger partial charge on any atom is 0.338 e. The monoisotopic (exact) mass is 491 g/mol. The Balaban J connectivity index is 1.23. The van der Waals surface area contributed by atoms with E-state index in [-0.39, 0.29) is 18.0 Å². The van der Waals surface area contributed by atoms with Crippen molar-refractivity contribution in [3.8, 4) is 16.9 Å². The van der Waals surface area contributed by atoms with Gasteiger partial charge in [-0.05, 0) is 79.2 Å². The second kappa shape index (κ2) is 10.6. The van der Waals surface area contributed by atoms with Crippen LogP contribution in [-0.2, 0) is 14.3 Å². The molecule has 1 saturated carbocycles. The van der Waals surface area contributed by atoms with Crippen LogP contribution in [-0.4, -0.2) is 56.3 Å². The van der Waals surface area contributed by atoms with Crippen molar-refractivity contribution in [2.45, 2.75) is 63.9 Å². The van der Waals surface area contributed by atoms with Crippen molar-refractivity contribution in [1.82, 2.24) is 4.90 Å². The molecule has 0 N–H and O–H groups in total. The standard InChI is InChI=1S/C30H37NO5/c1-3-4-17-36-29(33)23-11-12-26(34-2)24(19-23)21-7-9-22(10-8-21)25-20-30(25)13-15-31(16-14-30)28(32)27-6-5-18-35-27/h7-12,19,25,27H,3-6,13-18,20H2,1-2H3/t25-,27-/m1/s1. The number of unbranched alkanes of at least 4 members (excludes halogenated alkanes) is 1. The van der Waals surface area contributed by atoms with E-state index in [1.807, 2.05) is 17.0 Å². The van der Waals surface area contributed by atoms with Gasteiger partial charge < -0.3 is 19.1 Å². The lowest BCUT2D eigenvalue weighted by Gasteiger charge is -2.34. The molecule has 2 aromatic carbocycles. The molecule has 1 aliphatic carbocycles. The van der Waals surface area contributed by atoms with Crippen LogP contribution in [0.4, 0.5) is 0 Å². The summed E-state index contributed by atoms with van der Waals surface area (Å²) in [5.74, 6) is 1.18. The lowest BCUT2D eigenvalue weighted by Crippen LogP contribution is -2.44. The van der Waals surface area contributed by atoms with Crippen LogP contribution < -0.4 is 4.74 Å². The SMILES string of the molecule is CCCCOC(=O)c1ccc(OC)c(-c2ccc([C@H]3CC34CCN(C(=O)[C@H]3CCCO3)CC4)cc2)c1. The zero-order valence-corrected chi connectivity index (χ0v) is 21.5. The van der Waals surface area contributed by atoms with Crippen molar-refractivity contribution in [2.75, 3.05) is 33.4 Å². The van der Waals surface area contributed by atoms with Crippen LogP contribution in [0, 0.1) is 5.41 Å². The summed E-state index contributed by atoms with van der Waals surface area (Å²) in [4.78, 5) is 27.2. The number of piperidine rings is 1. The number of benzene rings is 2. The van der Waals surface area contributed by atoms with Crippen molar-refractivity contribution in [2.24, 2.45) is 5.41 Å². The van der Waals surface area contributed by atoms with Gasteiger partial charge >= 0.3 is 5.97 Å². The minimum absolute atomic E-state index is 0.189. The van der Waals surface area contributed by atoms with Crippen LogP contribution in [0.15, 0.2) is 42.5 Å². The van der Waals surface area contributed by atoms with Crippen molar-refractivity contribution in [3.05, 3.63) is 53.6 Å². The predicted molar refractivity (Wildman–Crippen MR) is 138 cm³/mol. The predicted octanol–water partition coefficient (Wildman–Crippen LogP) is 5.59. The first kappa shape index (κ1) is 24.8. The molecule has 3 fully saturated rings. The number of ether oxygens (including phenoxy) is 3. The third kappa shape index (κ3) is 5.01. The van der Waals surface area contributed by atoms with Gasteiger partial charge in [0.2, 0.25) is 0 Å². The second-order valence-corrected chi connectivity index (χ2v) is 10.5. The second-order valence-electron chi connectivity index (χ2n) is 10.5. The van der Waals surface area contributed by atoms with Gasteiger partial charge in [-0.25, -0.2) is 4.79 Å². The largest absolute Gasteiger partial charge is 0.496 e. The first-order valence-corrected chi connectivity index (χ1v) is 13.4. The number of carbonyl (C=O) groups is 2. The topological polar surface area (TPSA) is 65.1 Å². The van der Waals surface area contributed by atoms with E-state index in [9.17, 15) is 9.59 Å². The molecule has 6 nitrogen and oxygen atoms in total. The Morgan fingerprint density at radius 2 is 1.89 bits per heavy atom. The zero-order chi connectivity index (χ0) is 25.1. The van der Waals surface area contributed by atoms with Crippen LogP contribution in [0.2, 0.25) is 0 Å². The average molecular weight is 492 g/mol. The number of esters is 1. The van der Waals surface area contributed by atoms with Crippen LogP contribution in [0.5, 0.6) is 5.75 Å². The Morgan fingerprint density at radius 3 is 2.56 bits per heavy atom. The maximum atomic E-state index is 12.7. The number of likely N-dealkylation sites (tertiary alicyclic amines) is 1. The van der Waals surface area contributed by atoms with Gasteiger partial charge in [-0.2, -0.15) is 0 Å². The fourth-order valence-electron chi connectivity index (χ4n) is 5.87. The van der Waals surface area contributed by atoms with Crippen molar-refractivity contribution >= 4 is 11.9 Å². The number of rotatable bonds is 8. The van der Waals surface area contributed by atoms with Gasteiger partial charge in [0.1, 0.15) is 11.9 Å². The molecule has 36 heavy (non-hydrogen) atoms. The Kier molecular flexibility index (Phi) is 7.33. The quantitative estimate of drug-likeness (QED) is 0.356. The molecule has 1 spiro atoms. The van der Waals surface area contributed by atoms with Crippen LogP contribution in [0.3, 0.4) is 0 Å². The summed E-state index contributed by atoms with van der Waals surface area (Å²) >= 11 is 0. The third-order valence-electron chi connectivity index (χ3n) is 8.26. The number of hydrogen-bond acceptors (Lipinski definition) is 5. The van der Waals surface area contributed by atoms with Crippen molar-refractivity contribution < 1.29 is 23.8 Å². The molecule has 192 valence electrons. The van der Waals surface area contributed by atoms with Crippen LogP contribution in [0.1, 0.15) is 73.7 Å². The van der Waals surface area contributed by atoms with Gasteiger partial charge in [-0.1, -0.05) is 37.6 Å². The van der Waals surface area contributed by atoms with E-state index < -0.39 is 0 Å². The molecule has 2 atom stereocenters. The molecule has 6 heteroatoms. The van der Waals surface area contributed by atoms with Crippen molar-refractivity contribution in [1.29, 1.82) is 0 Å². The number of carbonyl (C=O) groups excluding carboxylic acids is 2. The Bertz CT molecular complexity index is 1080. The molecule has 0 bridgehead atoms. The van der Waals surface area contributed by atoms with E-state index in [1.54, 1.807) is 13.2 Å². The first-order valence-electron chi connectivity index (χ1n) is 13.4. The smallest absolute Gasteiger partial charge is 0.338 e. The number of methoxy groups -OCH3 is 1. The van der Waals surface area contributed by atoms with Crippen LogP contribution >= 0.6 is 0 Å². The van der Waals surface area contributed by atoms with E-state index >= 15 is 0 Å². The molecular weight excluding hydrogens is 454 g/mol. The highest BCUT2D eigenvalue weighted by molar-refractivity contribution is 5.92. The Hall–Kier alpha value is -2.86. The molecule has 0 radical (unpaired) electrons. The maximum absolute atomic E-state index is 12.7. The van der Waals surface area contributed by atoms with Gasteiger partial charge in [-0.3, -0.25) is 4.79 Å². The summed E-state index contributed by atoms with van der Waals surface area (Å²) < 4.78 is 16.6. The average Bonchev–Trinajstić information content (AvgIpc) is 3.33. The first-order chi connectivity index (χ1) is 17.5. The molecule has 0 unspecified atom stereocenters. The summed E-state index contributed by atoms with van der Waals surface area (Å²) in [6.07, 6.45) is 6.81. The van der Waals surface area contributed by atoms with E-state index in [2.05, 4.69) is 31.2 Å². The van der Waals surface area contributed by atoms with Gasteiger partial charge in [0.05, 0.1) is 19.3 Å². The highest BCUT2D eigenvalue weighted by atomic mass is 16.5. The fourth-order valence-corrected chi connectivity index (χ4v) is 5.87. The molecule has 2 heterocycles. The lowest BCUT2D eigenvalue weighted by molar-refractivity contribution is -0.142. The number of nitrogens with zero attached hydrogens (tertiary/aromatic N) is 1. The van der Waals surface area contributed by atoms with E-state index in [4.69, 9.17) is 14.2 Å². The molecule has 2 aromatic rings. The van der Waals surface area contributed by atoms with E-state index in [0.29, 0.717) is 30.1 Å². The van der Waals surface area contributed by atoms with Gasteiger partial charge in [0.25, 0.3) is 5.91 Å². The van der Waals surface area contributed by atoms with E-state index in [0.717, 1.165) is 68.5 Å². The number of hydrogen-bond donors (Lipinski definition) is 0. The number of amides is 1. The highest BCUT2D eigenvalue weighted by Crippen LogP contribution is 2.65. The lowest BCUT2D eigenvalue weighted by atomic mass is 9.88. The summed E-state index contributed by atoms with van der Waals surface area (Å²) in [6, 6.07) is 14.1. The van der Waals surface area contributed by atoms with Gasteiger partial charge in [-0.15, -0.1) is 0 Å². The summed E-state index contributed by atoms with van der Waals surface area (Å²) in [6.45, 7) is 4.90. The molecule has 5 rings (SSSR count). The summed E-state index contributed by atoms with van der Waals surface area (Å²) in [5.41, 5.74) is 4.13. The van der Waals surface area contributed by atoms with E-state index in [1.165, 1.54) is 12.0 Å². The summed E-state index contributed by atoms with van der Waals surface area (Å²) in [5, 5.41) is 0. The van der Waals surface area contributed by atoms with Crippen molar-refractivity contribution in [3.63, 3.8) is 0 Å². The highest BCUT2D eigenvalue weighted by Gasteiger charge is 2.55. The minimum Gasteiger partial charge on any atom is -0.496 e. The van der Waals surface area contributed by atoms with Gasteiger partial charge in [0.15, 0.2) is 0 Å². The Morgan fingerprint density at radius 1 is 1.11 bits per heavy atom. The third-order valence-corrected chi connectivity index (χ3v) is 8.26. The molecule has 1 amide bonds. The molecule has 3 aliphatic rings. The normalized spacial score (nSPS) is 22.4. The van der Waals surface area contributed by atoms with Gasteiger partial charge in [0, 0.05) is 25.3 Å².